The highest BCUT2D eigenvalue weighted by Gasteiger charge is 2.12. The van der Waals surface area contributed by atoms with Crippen LogP contribution in [-0.4, -0.2) is 36.5 Å². The van der Waals surface area contributed by atoms with E-state index in [4.69, 9.17) is 9.47 Å². The van der Waals surface area contributed by atoms with Gasteiger partial charge in [-0.15, -0.1) is 0 Å². The van der Waals surface area contributed by atoms with Gasteiger partial charge in [0.1, 0.15) is 11.5 Å². The van der Waals surface area contributed by atoms with Crippen molar-refractivity contribution in [2.45, 2.75) is 39.9 Å². The molecule has 158 valence electrons. The third-order valence-corrected chi connectivity index (χ3v) is 3.51. The highest BCUT2D eigenvalue weighted by Crippen LogP contribution is 2.18. The lowest BCUT2D eigenvalue weighted by atomic mass is 10.2. The Morgan fingerprint density at radius 2 is 1.10 bits per heavy atom. The van der Waals surface area contributed by atoms with E-state index in [0.29, 0.717) is 22.6 Å². The molecule has 0 heterocycles. The first kappa shape index (κ1) is 22.6. The number of carbonyl (C=O) groups is 2. The first-order chi connectivity index (χ1) is 14.4. The molecule has 0 aliphatic heterocycles. The molecule has 2 amide bonds. The Bertz CT molecular complexity index is 847. The minimum Gasteiger partial charge on any atom is -0.490 e. The number of nitrogens with zero attached hydrogens (tertiary/aromatic N) is 2. The molecule has 2 N–H and O–H groups in total. The fourth-order valence-electron chi connectivity index (χ4n) is 2.32. The average molecular weight is 410 g/mol. The number of benzene rings is 2. The predicted octanol–water partition coefficient (Wildman–Crippen LogP) is 2.86. The number of hydrogen-bond acceptors (Lipinski definition) is 6. The minimum atomic E-state index is -0.947. The molecule has 30 heavy (non-hydrogen) atoms. The third kappa shape index (κ3) is 7.38. The number of hydrogen-bond donors (Lipinski definition) is 2. The van der Waals surface area contributed by atoms with Crippen LogP contribution < -0.4 is 20.3 Å². The smallest absolute Gasteiger partial charge is 0.331 e. The maximum atomic E-state index is 11.9. The predicted molar refractivity (Wildman–Crippen MR) is 116 cm³/mol. The number of para-hydroxylation sites is 2. The van der Waals surface area contributed by atoms with E-state index in [-0.39, 0.29) is 12.2 Å². The van der Waals surface area contributed by atoms with Crippen molar-refractivity contribution in [3.63, 3.8) is 0 Å². The zero-order chi connectivity index (χ0) is 21.9. The van der Waals surface area contributed by atoms with Gasteiger partial charge in [0.25, 0.3) is 0 Å². The van der Waals surface area contributed by atoms with Gasteiger partial charge >= 0.3 is 11.8 Å². The summed E-state index contributed by atoms with van der Waals surface area (Å²) in [7, 11) is 0. The Hall–Kier alpha value is -3.68. The van der Waals surface area contributed by atoms with Crippen LogP contribution in [-0.2, 0) is 9.59 Å². The largest absolute Gasteiger partial charge is 0.490 e. The molecule has 0 aliphatic carbocycles. The van der Waals surface area contributed by atoms with Crippen molar-refractivity contribution in [2.24, 2.45) is 10.2 Å². The lowest BCUT2D eigenvalue weighted by Gasteiger charge is -2.11. The quantitative estimate of drug-likeness (QED) is 0.397. The maximum absolute atomic E-state index is 11.9. The topological polar surface area (TPSA) is 101 Å². The average Bonchev–Trinajstić information content (AvgIpc) is 2.69. The normalized spacial score (nSPS) is 11.3. The summed E-state index contributed by atoms with van der Waals surface area (Å²) in [5, 5.41) is 7.61. The lowest BCUT2D eigenvalue weighted by molar-refractivity contribution is -0.139. The van der Waals surface area contributed by atoms with Crippen LogP contribution in [0.1, 0.15) is 38.8 Å². The molecule has 0 unspecified atom stereocenters. The standard InChI is InChI=1S/C22H26N4O4/c1-15(2)29-19-11-7-5-9-17(19)13-23-25-21(27)22(28)26-24-14-18-10-6-8-12-20(18)30-16(3)4/h5-16H,1-4H3,(H,25,27)(H,26,28)/b23-13+,24-14+. The molecule has 0 radical (unpaired) electrons. The van der Waals surface area contributed by atoms with E-state index in [2.05, 4.69) is 21.1 Å². The van der Waals surface area contributed by atoms with Gasteiger partial charge in [0.05, 0.1) is 24.6 Å². The van der Waals surface area contributed by atoms with Gasteiger partial charge in [-0.1, -0.05) is 24.3 Å². The minimum absolute atomic E-state index is 0.00570. The zero-order valence-electron chi connectivity index (χ0n) is 17.5. The summed E-state index contributed by atoms with van der Waals surface area (Å²) in [6, 6.07) is 14.5. The van der Waals surface area contributed by atoms with E-state index < -0.39 is 11.8 Å². The summed E-state index contributed by atoms with van der Waals surface area (Å²) in [5.74, 6) is -0.640. The molecule has 0 saturated carbocycles. The summed E-state index contributed by atoms with van der Waals surface area (Å²) < 4.78 is 11.3. The number of hydrazone groups is 2. The van der Waals surface area contributed by atoms with Crippen molar-refractivity contribution in [3.8, 4) is 11.5 Å². The van der Waals surface area contributed by atoms with Gasteiger partial charge in [-0.3, -0.25) is 9.59 Å². The van der Waals surface area contributed by atoms with Gasteiger partial charge in [0, 0.05) is 11.1 Å². The van der Waals surface area contributed by atoms with Gasteiger partial charge in [-0.2, -0.15) is 10.2 Å². The van der Waals surface area contributed by atoms with E-state index in [1.807, 2.05) is 52.0 Å². The van der Waals surface area contributed by atoms with Gasteiger partial charge in [-0.05, 0) is 52.0 Å². The molecule has 2 aromatic rings. The van der Waals surface area contributed by atoms with Gasteiger partial charge < -0.3 is 9.47 Å². The molecule has 2 rings (SSSR count). The van der Waals surface area contributed by atoms with Crippen molar-refractivity contribution in [3.05, 3.63) is 59.7 Å². The molecule has 0 aliphatic rings. The van der Waals surface area contributed by atoms with Crippen LogP contribution in [0.3, 0.4) is 0 Å². The number of ether oxygens (including phenoxy) is 2. The number of amides is 2. The molecule has 8 heteroatoms. The fraction of sp³-hybridized carbons (Fsp3) is 0.273. The second kappa shape index (κ2) is 11.4. The van der Waals surface area contributed by atoms with Crippen molar-refractivity contribution in [1.82, 2.24) is 10.9 Å². The van der Waals surface area contributed by atoms with E-state index in [1.54, 1.807) is 24.3 Å². The molecule has 2 aromatic carbocycles. The monoisotopic (exact) mass is 410 g/mol. The van der Waals surface area contributed by atoms with Crippen molar-refractivity contribution < 1.29 is 19.1 Å². The zero-order valence-corrected chi connectivity index (χ0v) is 17.5. The summed E-state index contributed by atoms with van der Waals surface area (Å²) in [6.45, 7) is 7.64. The Labute approximate surface area is 176 Å². The van der Waals surface area contributed by atoms with Crippen molar-refractivity contribution in [2.75, 3.05) is 0 Å². The van der Waals surface area contributed by atoms with E-state index in [9.17, 15) is 9.59 Å². The van der Waals surface area contributed by atoms with Crippen LogP contribution in [0, 0.1) is 0 Å². The Morgan fingerprint density at radius 3 is 1.47 bits per heavy atom. The molecular weight excluding hydrogens is 384 g/mol. The first-order valence-electron chi connectivity index (χ1n) is 9.54. The third-order valence-electron chi connectivity index (χ3n) is 3.51. The maximum Gasteiger partial charge on any atom is 0.331 e. The van der Waals surface area contributed by atoms with Gasteiger partial charge in [0.15, 0.2) is 0 Å². The highest BCUT2D eigenvalue weighted by molar-refractivity contribution is 6.35. The summed E-state index contributed by atoms with van der Waals surface area (Å²) in [6.07, 6.45) is 2.81. The van der Waals surface area contributed by atoms with Crippen LogP contribution in [0.4, 0.5) is 0 Å². The molecular formula is C22H26N4O4. The summed E-state index contributed by atoms with van der Waals surface area (Å²) in [4.78, 5) is 23.8. The molecule has 0 aromatic heterocycles. The second-order valence-electron chi connectivity index (χ2n) is 6.81. The SMILES string of the molecule is CC(C)Oc1ccccc1/C=N/NC(=O)C(=O)N/N=C/c1ccccc1OC(C)C. The van der Waals surface area contributed by atoms with Crippen molar-refractivity contribution >= 4 is 24.2 Å². The second-order valence-corrected chi connectivity index (χ2v) is 6.81. The number of carbonyl (C=O) groups excluding carboxylic acids is 2. The van der Waals surface area contributed by atoms with Gasteiger partial charge in [0.2, 0.25) is 0 Å². The Kier molecular flexibility index (Phi) is 8.56. The Morgan fingerprint density at radius 1 is 0.733 bits per heavy atom. The summed E-state index contributed by atoms with van der Waals surface area (Å²) in [5.41, 5.74) is 5.67. The fourth-order valence-corrected chi connectivity index (χ4v) is 2.32. The van der Waals surface area contributed by atoms with Crippen molar-refractivity contribution in [1.29, 1.82) is 0 Å². The molecule has 0 bridgehead atoms. The molecule has 0 atom stereocenters. The number of rotatable bonds is 8. The molecule has 0 saturated heterocycles. The van der Waals surface area contributed by atoms with E-state index >= 15 is 0 Å². The molecule has 0 spiro atoms. The number of nitrogens with one attached hydrogen (secondary N) is 2. The van der Waals surface area contributed by atoms with Crippen LogP contribution in [0.25, 0.3) is 0 Å². The van der Waals surface area contributed by atoms with Crippen LogP contribution in [0.5, 0.6) is 11.5 Å². The lowest BCUT2D eigenvalue weighted by Crippen LogP contribution is -2.35. The first-order valence-corrected chi connectivity index (χ1v) is 9.54. The Balaban J connectivity index is 1.91. The molecule has 0 fully saturated rings. The van der Waals surface area contributed by atoms with E-state index in [1.165, 1.54) is 12.4 Å². The highest BCUT2D eigenvalue weighted by atomic mass is 16.5. The summed E-state index contributed by atoms with van der Waals surface area (Å²) >= 11 is 0. The van der Waals surface area contributed by atoms with Crippen LogP contribution in [0.15, 0.2) is 58.7 Å². The van der Waals surface area contributed by atoms with Crippen LogP contribution >= 0.6 is 0 Å². The van der Waals surface area contributed by atoms with Gasteiger partial charge in [-0.25, -0.2) is 10.9 Å². The molecule has 8 nitrogen and oxygen atoms in total. The van der Waals surface area contributed by atoms with Crippen LogP contribution in [0.2, 0.25) is 0 Å². The van der Waals surface area contributed by atoms with E-state index in [0.717, 1.165) is 0 Å².